The van der Waals surface area contributed by atoms with Crippen molar-refractivity contribution in [1.29, 1.82) is 0 Å². The van der Waals surface area contributed by atoms with Gasteiger partial charge in [0.25, 0.3) is 5.91 Å². The summed E-state index contributed by atoms with van der Waals surface area (Å²) < 4.78 is 0. The molecule has 23 heavy (non-hydrogen) atoms. The standard InChI is InChI=1S/C18H17ClN2O2/c1-13-10-14-6-3-5-9-17(14)21(13)18(22)12-23-20-11-15-7-2-4-8-16(15)19/h2-9,11,13H,10,12H2,1H3. The zero-order valence-corrected chi connectivity index (χ0v) is 13.5. The van der Waals surface area contributed by atoms with Gasteiger partial charge in [0.05, 0.1) is 6.21 Å². The lowest BCUT2D eigenvalue weighted by Crippen LogP contribution is -2.37. The Bertz CT molecular complexity index is 745. The zero-order valence-electron chi connectivity index (χ0n) is 12.8. The molecule has 0 saturated heterocycles. The van der Waals surface area contributed by atoms with Crippen LogP contribution in [-0.2, 0) is 16.1 Å². The second kappa shape index (κ2) is 6.84. The van der Waals surface area contributed by atoms with Gasteiger partial charge in [0, 0.05) is 22.3 Å². The molecule has 0 fully saturated rings. The summed E-state index contributed by atoms with van der Waals surface area (Å²) in [5.41, 5.74) is 2.90. The number of fused-ring (bicyclic) bond motifs is 1. The van der Waals surface area contributed by atoms with E-state index in [1.165, 1.54) is 11.8 Å². The molecular weight excluding hydrogens is 312 g/mol. The normalized spacial score (nSPS) is 16.6. The Kier molecular flexibility index (Phi) is 4.63. The van der Waals surface area contributed by atoms with E-state index in [0.717, 1.165) is 17.7 Å². The van der Waals surface area contributed by atoms with Gasteiger partial charge < -0.3 is 9.74 Å². The van der Waals surface area contributed by atoms with Gasteiger partial charge in [-0.25, -0.2) is 0 Å². The van der Waals surface area contributed by atoms with E-state index in [0.29, 0.717) is 5.02 Å². The van der Waals surface area contributed by atoms with E-state index < -0.39 is 0 Å². The van der Waals surface area contributed by atoms with Crippen molar-refractivity contribution in [2.75, 3.05) is 11.5 Å². The van der Waals surface area contributed by atoms with Crippen LogP contribution in [0, 0.1) is 0 Å². The number of carbonyl (C=O) groups is 1. The molecule has 1 atom stereocenters. The van der Waals surface area contributed by atoms with Crippen LogP contribution in [0.2, 0.25) is 5.02 Å². The number of hydrogen-bond donors (Lipinski definition) is 0. The van der Waals surface area contributed by atoms with Crippen molar-refractivity contribution >= 4 is 29.4 Å². The minimum absolute atomic E-state index is 0.0976. The average molecular weight is 329 g/mol. The topological polar surface area (TPSA) is 41.9 Å². The Morgan fingerprint density at radius 2 is 2.04 bits per heavy atom. The zero-order chi connectivity index (χ0) is 16.2. The van der Waals surface area contributed by atoms with Crippen LogP contribution in [0.5, 0.6) is 0 Å². The Labute approximate surface area is 140 Å². The number of halogens is 1. The summed E-state index contributed by atoms with van der Waals surface area (Å²) in [5.74, 6) is -0.0984. The van der Waals surface area contributed by atoms with Gasteiger partial charge in [-0.1, -0.05) is 53.2 Å². The highest BCUT2D eigenvalue weighted by molar-refractivity contribution is 6.33. The summed E-state index contributed by atoms with van der Waals surface area (Å²) in [5, 5.41) is 4.43. The lowest BCUT2D eigenvalue weighted by molar-refractivity contribution is -0.123. The third-order valence-electron chi connectivity index (χ3n) is 3.84. The molecule has 3 rings (SSSR count). The number of amides is 1. The molecule has 1 unspecified atom stereocenters. The van der Waals surface area contributed by atoms with Crippen LogP contribution in [0.25, 0.3) is 0 Å². The SMILES string of the molecule is CC1Cc2ccccc2N1C(=O)CON=Cc1ccccc1Cl. The van der Waals surface area contributed by atoms with Gasteiger partial charge in [0.15, 0.2) is 6.61 Å². The van der Waals surface area contributed by atoms with Crippen LogP contribution in [0.1, 0.15) is 18.1 Å². The first-order valence-electron chi connectivity index (χ1n) is 7.46. The summed E-state index contributed by atoms with van der Waals surface area (Å²) in [6, 6.07) is 15.4. The molecule has 2 aromatic carbocycles. The van der Waals surface area contributed by atoms with Gasteiger partial charge >= 0.3 is 0 Å². The van der Waals surface area contributed by atoms with E-state index >= 15 is 0 Å². The van der Waals surface area contributed by atoms with E-state index in [9.17, 15) is 4.79 Å². The molecule has 0 N–H and O–H groups in total. The first-order chi connectivity index (χ1) is 11.2. The van der Waals surface area contributed by atoms with Gasteiger partial charge in [-0.05, 0) is 31.0 Å². The molecule has 0 aromatic heterocycles. The number of rotatable bonds is 4. The predicted molar refractivity (Wildman–Crippen MR) is 92.1 cm³/mol. The molecule has 0 spiro atoms. The first kappa shape index (κ1) is 15.6. The third kappa shape index (κ3) is 3.37. The maximum absolute atomic E-state index is 12.4. The van der Waals surface area contributed by atoms with Crippen molar-refractivity contribution in [2.24, 2.45) is 5.16 Å². The highest BCUT2D eigenvalue weighted by atomic mass is 35.5. The second-order valence-corrected chi connectivity index (χ2v) is 5.88. The van der Waals surface area contributed by atoms with Crippen LogP contribution in [0.3, 0.4) is 0 Å². The summed E-state index contributed by atoms with van der Waals surface area (Å²) in [7, 11) is 0. The molecule has 1 heterocycles. The van der Waals surface area contributed by atoms with Gasteiger partial charge in [-0.2, -0.15) is 0 Å². The fourth-order valence-electron chi connectivity index (χ4n) is 2.78. The molecule has 1 amide bonds. The molecule has 2 aromatic rings. The van der Waals surface area contributed by atoms with Gasteiger partial charge in [-0.3, -0.25) is 4.79 Å². The number of carbonyl (C=O) groups excluding carboxylic acids is 1. The molecule has 5 heteroatoms. The lowest BCUT2D eigenvalue weighted by atomic mass is 10.1. The Morgan fingerprint density at radius 3 is 2.87 bits per heavy atom. The van der Waals surface area contributed by atoms with Gasteiger partial charge in [0.1, 0.15) is 0 Å². The van der Waals surface area contributed by atoms with Crippen molar-refractivity contribution < 1.29 is 9.63 Å². The van der Waals surface area contributed by atoms with Gasteiger partial charge in [0.2, 0.25) is 0 Å². The number of anilines is 1. The Balaban J connectivity index is 1.61. The predicted octanol–water partition coefficient (Wildman–Crippen LogP) is 3.67. The Hall–Kier alpha value is -2.33. The van der Waals surface area contributed by atoms with Crippen molar-refractivity contribution in [1.82, 2.24) is 0 Å². The fraction of sp³-hybridized carbons (Fsp3) is 0.222. The summed E-state index contributed by atoms with van der Waals surface area (Å²) in [6.45, 7) is 1.94. The van der Waals surface area contributed by atoms with Crippen LogP contribution < -0.4 is 4.90 Å². The molecule has 1 aliphatic heterocycles. The summed E-state index contributed by atoms with van der Waals surface area (Å²) >= 11 is 6.02. The van der Waals surface area contributed by atoms with Crippen LogP contribution >= 0.6 is 11.6 Å². The van der Waals surface area contributed by atoms with Gasteiger partial charge in [-0.15, -0.1) is 0 Å². The van der Waals surface area contributed by atoms with Crippen molar-refractivity contribution in [3.63, 3.8) is 0 Å². The molecule has 0 saturated carbocycles. The maximum Gasteiger partial charge on any atom is 0.268 e. The molecule has 4 nitrogen and oxygen atoms in total. The number of oxime groups is 1. The minimum atomic E-state index is -0.0984. The number of para-hydroxylation sites is 1. The van der Waals surface area contributed by atoms with Crippen molar-refractivity contribution in [3.05, 3.63) is 64.7 Å². The maximum atomic E-state index is 12.4. The highest BCUT2D eigenvalue weighted by Crippen LogP contribution is 2.31. The van der Waals surface area contributed by atoms with Crippen molar-refractivity contribution in [3.8, 4) is 0 Å². The monoisotopic (exact) mass is 328 g/mol. The quantitative estimate of drug-likeness (QED) is 0.635. The highest BCUT2D eigenvalue weighted by Gasteiger charge is 2.30. The molecule has 1 aliphatic rings. The van der Waals surface area contributed by atoms with Crippen LogP contribution in [0.15, 0.2) is 53.7 Å². The van der Waals surface area contributed by atoms with Crippen LogP contribution in [-0.4, -0.2) is 24.8 Å². The molecule has 0 bridgehead atoms. The average Bonchev–Trinajstić information content (AvgIpc) is 2.88. The van der Waals surface area contributed by atoms with E-state index in [4.69, 9.17) is 16.4 Å². The summed E-state index contributed by atoms with van der Waals surface area (Å²) in [6.07, 6.45) is 2.38. The minimum Gasteiger partial charge on any atom is -0.386 e. The van der Waals surface area contributed by atoms with Crippen LogP contribution in [0.4, 0.5) is 5.69 Å². The van der Waals surface area contributed by atoms with E-state index in [1.54, 1.807) is 11.0 Å². The molecule has 0 radical (unpaired) electrons. The van der Waals surface area contributed by atoms with E-state index in [2.05, 4.69) is 11.2 Å². The number of benzene rings is 2. The third-order valence-corrected chi connectivity index (χ3v) is 4.18. The molecule has 118 valence electrons. The smallest absolute Gasteiger partial charge is 0.268 e. The molecular formula is C18H17ClN2O2. The van der Waals surface area contributed by atoms with Crippen molar-refractivity contribution in [2.45, 2.75) is 19.4 Å². The molecule has 0 aliphatic carbocycles. The second-order valence-electron chi connectivity index (χ2n) is 5.48. The fourth-order valence-corrected chi connectivity index (χ4v) is 2.97. The largest absolute Gasteiger partial charge is 0.386 e. The number of nitrogens with zero attached hydrogens (tertiary/aromatic N) is 2. The number of hydrogen-bond acceptors (Lipinski definition) is 3. The van der Waals surface area contributed by atoms with E-state index in [-0.39, 0.29) is 18.6 Å². The summed E-state index contributed by atoms with van der Waals surface area (Å²) in [4.78, 5) is 19.3. The van der Waals surface area contributed by atoms with E-state index in [1.807, 2.05) is 43.3 Å². The Morgan fingerprint density at radius 1 is 1.30 bits per heavy atom. The first-order valence-corrected chi connectivity index (χ1v) is 7.84. The lowest BCUT2D eigenvalue weighted by Gasteiger charge is -2.21.